The number of nitrogens with two attached hydrogens (primary N) is 1. The van der Waals surface area contributed by atoms with Gasteiger partial charge in [-0.05, 0) is 12.1 Å². The highest BCUT2D eigenvalue weighted by atomic mass is 79.9. The minimum Gasteiger partial charge on any atom is -0.425 e. The summed E-state index contributed by atoms with van der Waals surface area (Å²) in [4.78, 5) is 4.06. The van der Waals surface area contributed by atoms with Crippen molar-refractivity contribution in [1.82, 2.24) is 9.55 Å². The first-order valence-corrected chi connectivity index (χ1v) is 5.16. The van der Waals surface area contributed by atoms with E-state index >= 15 is 0 Å². The van der Waals surface area contributed by atoms with Crippen LogP contribution in [0.2, 0.25) is 0 Å². The van der Waals surface area contributed by atoms with Gasteiger partial charge >= 0.3 is 6.01 Å². The smallest absolute Gasteiger partial charge is 0.301 e. The van der Waals surface area contributed by atoms with Crippen LogP contribution in [0.25, 0.3) is 0 Å². The van der Waals surface area contributed by atoms with Gasteiger partial charge in [0, 0.05) is 35.7 Å². The van der Waals surface area contributed by atoms with Gasteiger partial charge in [-0.3, -0.25) is 0 Å². The first kappa shape index (κ1) is 10.0. The molecule has 0 aliphatic heterocycles. The maximum atomic E-state index is 5.69. The van der Waals surface area contributed by atoms with E-state index in [0.29, 0.717) is 17.4 Å². The molecule has 0 radical (unpaired) electrons. The predicted molar refractivity (Wildman–Crippen MR) is 61.8 cm³/mol. The molecule has 78 valence electrons. The number of benzene rings is 1. The molecule has 0 saturated carbocycles. The molecule has 0 aliphatic carbocycles. The van der Waals surface area contributed by atoms with Gasteiger partial charge in [0.25, 0.3) is 0 Å². The van der Waals surface area contributed by atoms with Crippen LogP contribution in [0.15, 0.2) is 35.1 Å². The van der Waals surface area contributed by atoms with Crippen LogP contribution >= 0.6 is 15.9 Å². The van der Waals surface area contributed by atoms with E-state index in [1.165, 1.54) is 0 Å². The maximum absolute atomic E-state index is 5.69. The number of hydrogen-bond acceptors (Lipinski definition) is 3. The van der Waals surface area contributed by atoms with Crippen molar-refractivity contribution in [3.05, 3.63) is 35.1 Å². The second-order valence-corrected chi connectivity index (χ2v) is 4.06. The summed E-state index contributed by atoms with van der Waals surface area (Å²) in [6.45, 7) is 0. The second kappa shape index (κ2) is 3.94. The zero-order chi connectivity index (χ0) is 10.8. The third kappa shape index (κ3) is 2.30. The maximum Gasteiger partial charge on any atom is 0.301 e. The number of anilines is 1. The summed E-state index contributed by atoms with van der Waals surface area (Å²) >= 11 is 3.35. The Labute approximate surface area is 95.8 Å². The third-order valence-corrected chi connectivity index (χ3v) is 2.34. The van der Waals surface area contributed by atoms with Crippen molar-refractivity contribution >= 4 is 21.6 Å². The van der Waals surface area contributed by atoms with Crippen molar-refractivity contribution in [1.29, 1.82) is 0 Å². The number of aryl methyl sites for hydroxylation is 1. The molecular formula is C10H10BrN3O. The van der Waals surface area contributed by atoms with Gasteiger partial charge in [-0.25, -0.2) is 4.98 Å². The Hall–Kier alpha value is -1.49. The van der Waals surface area contributed by atoms with E-state index in [1.54, 1.807) is 16.8 Å². The number of hydrogen-bond donors (Lipinski definition) is 1. The lowest BCUT2D eigenvalue weighted by molar-refractivity contribution is 0.425. The van der Waals surface area contributed by atoms with Crippen molar-refractivity contribution in [2.75, 3.05) is 5.73 Å². The van der Waals surface area contributed by atoms with Gasteiger partial charge in [-0.1, -0.05) is 15.9 Å². The van der Waals surface area contributed by atoms with Crippen LogP contribution in [0.1, 0.15) is 0 Å². The fourth-order valence-electron chi connectivity index (χ4n) is 1.20. The molecule has 0 amide bonds. The molecule has 2 rings (SSSR count). The monoisotopic (exact) mass is 267 g/mol. The van der Waals surface area contributed by atoms with E-state index < -0.39 is 0 Å². The standard InChI is InChI=1S/C10H10BrN3O/c1-14-3-2-13-10(14)15-9-5-7(11)4-8(12)6-9/h2-6H,12H2,1H3. The molecule has 15 heavy (non-hydrogen) atoms. The van der Waals surface area contributed by atoms with Crippen LogP contribution in [-0.2, 0) is 7.05 Å². The molecule has 1 heterocycles. The molecule has 0 bridgehead atoms. The van der Waals surface area contributed by atoms with Crippen molar-refractivity contribution in [2.24, 2.45) is 7.05 Å². The van der Waals surface area contributed by atoms with Crippen LogP contribution in [0.5, 0.6) is 11.8 Å². The summed E-state index contributed by atoms with van der Waals surface area (Å²) < 4.78 is 8.22. The fourth-order valence-corrected chi connectivity index (χ4v) is 1.69. The zero-order valence-electron chi connectivity index (χ0n) is 8.14. The lowest BCUT2D eigenvalue weighted by atomic mass is 10.3. The Morgan fingerprint density at radius 1 is 1.40 bits per heavy atom. The highest BCUT2D eigenvalue weighted by Crippen LogP contribution is 2.26. The van der Waals surface area contributed by atoms with Gasteiger partial charge in [-0.2, -0.15) is 0 Å². The molecule has 0 unspecified atom stereocenters. The Balaban J connectivity index is 2.28. The minimum absolute atomic E-state index is 0.535. The molecule has 1 aromatic heterocycles. The summed E-state index contributed by atoms with van der Waals surface area (Å²) in [6, 6.07) is 5.93. The van der Waals surface area contributed by atoms with Crippen LogP contribution in [0.3, 0.4) is 0 Å². The summed E-state index contributed by atoms with van der Waals surface area (Å²) in [6.07, 6.45) is 3.49. The topological polar surface area (TPSA) is 53.1 Å². The quantitative estimate of drug-likeness (QED) is 0.851. The van der Waals surface area contributed by atoms with E-state index in [4.69, 9.17) is 10.5 Å². The summed E-state index contributed by atoms with van der Waals surface area (Å²) in [5.74, 6) is 0.663. The van der Waals surface area contributed by atoms with Crippen LogP contribution in [0.4, 0.5) is 5.69 Å². The minimum atomic E-state index is 0.535. The Morgan fingerprint density at radius 2 is 2.20 bits per heavy atom. The summed E-state index contributed by atoms with van der Waals surface area (Å²) in [5.41, 5.74) is 6.34. The third-order valence-electron chi connectivity index (χ3n) is 1.88. The van der Waals surface area contributed by atoms with Crippen molar-refractivity contribution in [2.45, 2.75) is 0 Å². The lowest BCUT2D eigenvalue weighted by Crippen LogP contribution is -1.94. The van der Waals surface area contributed by atoms with Gasteiger partial charge in [-0.15, -0.1) is 0 Å². The Morgan fingerprint density at radius 3 is 2.80 bits per heavy atom. The number of ether oxygens (including phenoxy) is 1. The molecule has 2 N–H and O–H groups in total. The molecule has 0 atom stereocenters. The predicted octanol–water partition coefficient (Wildman–Crippen LogP) is 2.56. The van der Waals surface area contributed by atoms with Gasteiger partial charge < -0.3 is 15.0 Å². The number of halogens is 1. The zero-order valence-corrected chi connectivity index (χ0v) is 9.73. The van der Waals surface area contributed by atoms with E-state index in [0.717, 1.165) is 4.47 Å². The SMILES string of the molecule is Cn1ccnc1Oc1cc(N)cc(Br)c1. The first-order chi connectivity index (χ1) is 7.15. The van der Waals surface area contributed by atoms with Crippen LogP contribution < -0.4 is 10.5 Å². The summed E-state index contributed by atoms with van der Waals surface area (Å²) in [7, 11) is 1.86. The van der Waals surface area contributed by atoms with Crippen molar-refractivity contribution < 1.29 is 4.74 Å². The summed E-state index contributed by atoms with van der Waals surface area (Å²) in [5, 5.41) is 0. The second-order valence-electron chi connectivity index (χ2n) is 3.14. The Kier molecular flexibility index (Phi) is 2.64. The molecule has 0 aliphatic rings. The number of rotatable bonds is 2. The van der Waals surface area contributed by atoms with Gasteiger partial charge in [0.05, 0.1) is 0 Å². The van der Waals surface area contributed by atoms with Crippen molar-refractivity contribution in [3.8, 4) is 11.8 Å². The van der Waals surface area contributed by atoms with E-state index in [1.807, 2.05) is 25.4 Å². The highest BCUT2D eigenvalue weighted by Gasteiger charge is 2.03. The van der Waals surface area contributed by atoms with Gasteiger partial charge in [0.1, 0.15) is 5.75 Å². The van der Waals surface area contributed by atoms with E-state index in [-0.39, 0.29) is 0 Å². The number of aromatic nitrogens is 2. The highest BCUT2D eigenvalue weighted by molar-refractivity contribution is 9.10. The lowest BCUT2D eigenvalue weighted by Gasteiger charge is -2.06. The molecule has 4 nitrogen and oxygen atoms in total. The molecular weight excluding hydrogens is 258 g/mol. The molecule has 1 aromatic carbocycles. The molecule has 2 aromatic rings. The number of imidazole rings is 1. The average Bonchev–Trinajstić information content (AvgIpc) is 2.50. The van der Waals surface area contributed by atoms with Gasteiger partial charge in [0.2, 0.25) is 0 Å². The Bertz CT molecular complexity index is 461. The normalized spacial score (nSPS) is 10.3. The first-order valence-electron chi connectivity index (χ1n) is 4.36. The fraction of sp³-hybridized carbons (Fsp3) is 0.100. The van der Waals surface area contributed by atoms with E-state index in [2.05, 4.69) is 20.9 Å². The van der Waals surface area contributed by atoms with Crippen molar-refractivity contribution in [3.63, 3.8) is 0 Å². The molecule has 0 fully saturated rings. The van der Waals surface area contributed by atoms with Crippen LogP contribution in [-0.4, -0.2) is 9.55 Å². The number of nitrogens with zero attached hydrogens (tertiary/aromatic N) is 2. The molecule has 0 saturated heterocycles. The number of nitrogen functional groups attached to an aromatic ring is 1. The van der Waals surface area contributed by atoms with Gasteiger partial charge in [0.15, 0.2) is 0 Å². The van der Waals surface area contributed by atoms with E-state index in [9.17, 15) is 0 Å². The largest absolute Gasteiger partial charge is 0.425 e. The van der Waals surface area contributed by atoms with Crippen LogP contribution in [0, 0.1) is 0 Å². The molecule has 0 spiro atoms. The molecule has 5 heteroatoms. The average molecular weight is 268 g/mol.